The lowest BCUT2D eigenvalue weighted by Gasteiger charge is -2.16. The van der Waals surface area contributed by atoms with Crippen LogP contribution < -0.4 is 11.0 Å². The van der Waals surface area contributed by atoms with Crippen molar-refractivity contribution in [3.8, 4) is 0 Å². The molecular formula is C18H26N6O2. The fourth-order valence-corrected chi connectivity index (χ4v) is 4.13. The van der Waals surface area contributed by atoms with E-state index >= 15 is 0 Å². The van der Waals surface area contributed by atoms with Crippen molar-refractivity contribution in [3.63, 3.8) is 0 Å². The molecule has 2 aliphatic rings. The van der Waals surface area contributed by atoms with Crippen molar-refractivity contribution in [2.45, 2.75) is 70.4 Å². The lowest BCUT2D eigenvalue weighted by atomic mass is 9.94. The minimum atomic E-state index is -0.0738. The molecule has 1 aliphatic carbocycles. The summed E-state index contributed by atoms with van der Waals surface area (Å²) in [6.45, 7) is 0.611. The molecule has 8 nitrogen and oxygen atoms in total. The molecule has 1 aliphatic heterocycles. The van der Waals surface area contributed by atoms with E-state index in [4.69, 9.17) is 0 Å². The van der Waals surface area contributed by atoms with Gasteiger partial charge >= 0.3 is 5.69 Å². The number of nitrogens with one attached hydrogen (secondary N) is 2. The van der Waals surface area contributed by atoms with E-state index in [9.17, 15) is 9.59 Å². The molecule has 0 saturated carbocycles. The lowest BCUT2D eigenvalue weighted by molar-refractivity contribution is -0.121. The van der Waals surface area contributed by atoms with Gasteiger partial charge < -0.3 is 5.32 Å². The Morgan fingerprint density at radius 3 is 3.00 bits per heavy atom. The van der Waals surface area contributed by atoms with Crippen LogP contribution in [0.2, 0.25) is 0 Å². The average Bonchev–Trinajstić information content (AvgIpc) is 3.10. The van der Waals surface area contributed by atoms with Crippen molar-refractivity contribution < 1.29 is 4.79 Å². The molecule has 0 bridgehead atoms. The number of hydrogen-bond donors (Lipinski definition) is 2. The maximum atomic E-state index is 12.4. The molecule has 0 radical (unpaired) electrons. The van der Waals surface area contributed by atoms with Crippen LogP contribution in [0.5, 0.6) is 0 Å². The number of aryl methyl sites for hydroxylation is 4. The van der Waals surface area contributed by atoms with Crippen molar-refractivity contribution in [2.24, 2.45) is 7.05 Å². The topological polar surface area (TPSA) is 97.6 Å². The largest absolute Gasteiger partial charge is 0.353 e. The number of hydrogen-bond acceptors (Lipinski definition) is 4. The summed E-state index contributed by atoms with van der Waals surface area (Å²) in [5.74, 6) is 0.882. The Morgan fingerprint density at radius 2 is 2.12 bits per heavy atom. The molecular weight excluding hydrogens is 332 g/mol. The fraction of sp³-hybridized carbons (Fsp3) is 0.667. The molecule has 2 N–H and O–H groups in total. The number of amides is 1. The molecule has 140 valence electrons. The van der Waals surface area contributed by atoms with Gasteiger partial charge in [0.25, 0.3) is 0 Å². The van der Waals surface area contributed by atoms with Crippen LogP contribution >= 0.6 is 0 Å². The van der Waals surface area contributed by atoms with Crippen molar-refractivity contribution in [2.75, 3.05) is 0 Å². The highest BCUT2D eigenvalue weighted by atomic mass is 16.2. The van der Waals surface area contributed by atoms with Crippen LogP contribution in [-0.4, -0.2) is 36.5 Å². The van der Waals surface area contributed by atoms with Gasteiger partial charge in [0.1, 0.15) is 5.82 Å². The summed E-state index contributed by atoms with van der Waals surface area (Å²) in [5.41, 5.74) is 3.57. The maximum Gasteiger partial charge on any atom is 0.345 e. The summed E-state index contributed by atoms with van der Waals surface area (Å²) in [7, 11) is 1.68. The molecule has 0 fully saturated rings. The third-order valence-corrected chi connectivity index (χ3v) is 5.60. The standard InChI is InChI=1S/C18H26N6O2/c1-23-18(26)24-11-10-12(6-8-16(24)22-23)19-17(25)9-7-15-13-4-2-3-5-14(13)20-21-15/h12H,2-11H2,1H3,(H,19,25)(H,20,21). The average molecular weight is 358 g/mol. The van der Waals surface area contributed by atoms with Crippen molar-refractivity contribution in [1.29, 1.82) is 0 Å². The SMILES string of the molecule is Cn1nc2n(c1=O)CCC(NC(=O)CCc1n[nH]c3c1CCCC3)CC2. The molecule has 0 spiro atoms. The molecule has 0 aromatic carbocycles. The maximum absolute atomic E-state index is 12.4. The monoisotopic (exact) mass is 358 g/mol. The van der Waals surface area contributed by atoms with E-state index in [0.717, 1.165) is 37.2 Å². The predicted octanol–water partition coefficient (Wildman–Crippen LogP) is 0.638. The quantitative estimate of drug-likeness (QED) is 0.838. The van der Waals surface area contributed by atoms with E-state index in [1.807, 2.05) is 0 Å². The molecule has 26 heavy (non-hydrogen) atoms. The van der Waals surface area contributed by atoms with Gasteiger partial charge in [0, 0.05) is 44.6 Å². The fourth-order valence-electron chi connectivity index (χ4n) is 4.13. The zero-order valence-corrected chi connectivity index (χ0v) is 15.3. The van der Waals surface area contributed by atoms with E-state index in [1.54, 1.807) is 11.6 Å². The molecule has 8 heteroatoms. The van der Waals surface area contributed by atoms with E-state index in [0.29, 0.717) is 25.8 Å². The number of aromatic amines is 1. The van der Waals surface area contributed by atoms with Crippen LogP contribution in [0.1, 0.15) is 54.9 Å². The van der Waals surface area contributed by atoms with E-state index < -0.39 is 0 Å². The molecule has 1 atom stereocenters. The number of aromatic nitrogens is 5. The summed E-state index contributed by atoms with van der Waals surface area (Å²) >= 11 is 0. The second kappa shape index (κ2) is 7.09. The number of rotatable bonds is 4. The number of fused-ring (bicyclic) bond motifs is 2. The Morgan fingerprint density at radius 1 is 1.27 bits per heavy atom. The van der Waals surface area contributed by atoms with Crippen LogP contribution in [0, 0.1) is 0 Å². The highest BCUT2D eigenvalue weighted by Crippen LogP contribution is 2.23. The highest BCUT2D eigenvalue weighted by Gasteiger charge is 2.22. The summed E-state index contributed by atoms with van der Waals surface area (Å²) in [6, 6.07) is 0.0991. The number of carbonyl (C=O) groups excluding carboxylic acids is 1. The summed E-state index contributed by atoms with van der Waals surface area (Å²) in [5, 5.41) is 15.0. The van der Waals surface area contributed by atoms with Gasteiger partial charge in [-0.2, -0.15) is 10.2 Å². The Hall–Kier alpha value is -2.38. The van der Waals surface area contributed by atoms with Crippen molar-refractivity contribution >= 4 is 5.91 Å². The first-order valence-electron chi connectivity index (χ1n) is 9.59. The van der Waals surface area contributed by atoms with Gasteiger partial charge in [0.15, 0.2) is 0 Å². The molecule has 0 saturated heterocycles. The van der Waals surface area contributed by atoms with E-state index in [1.165, 1.54) is 28.8 Å². The minimum Gasteiger partial charge on any atom is -0.353 e. The van der Waals surface area contributed by atoms with Gasteiger partial charge in [-0.25, -0.2) is 9.48 Å². The normalized spacial score (nSPS) is 19.5. The molecule has 4 rings (SSSR count). The minimum absolute atomic E-state index is 0.0648. The molecule has 2 aromatic heterocycles. The molecule has 2 aromatic rings. The van der Waals surface area contributed by atoms with Crippen LogP contribution in [-0.2, 0) is 44.1 Å². The molecule has 1 unspecified atom stereocenters. The Balaban J connectivity index is 1.30. The predicted molar refractivity (Wildman–Crippen MR) is 95.9 cm³/mol. The Bertz CT molecular complexity index is 862. The third-order valence-electron chi connectivity index (χ3n) is 5.60. The van der Waals surface area contributed by atoms with Gasteiger partial charge in [-0.1, -0.05) is 0 Å². The first-order valence-corrected chi connectivity index (χ1v) is 9.59. The van der Waals surface area contributed by atoms with Gasteiger partial charge in [-0.15, -0.1) is 0 Å². The lowest BCUT2D eigenvalue weighted by Crippen LogP contribution is -2.35. The number of H-pyrrole nitrogens is 1. The number of nitrogens with zero attached hydrogens (tertiary/aromatic N) is 4. The van der Waals surface area contributed by atoms with Gasteiger partial charge in [0.05, 0.1) is 5.69 Å². The first kappa shape index (κ1) is 17.1. The Labute approximate surface area is 152 Å². The second-order valence-corrected chi connectivity index (χ2v) is 7.40. The summed E-state index contributed by atoms with van der Waals surface area (Å²) in [6.07, 6.45) is 8.03. The van der Waals surface area contributed by atoms with E-state index in [2.05, 4.69) is 20.6 Å². The van der Waals surface area contributed by atoms with Gasteiger partial charge in [-0.3, -0.25) is 14.5 Å². The van der Waals surface area contributed by atoms with Gasteiger partial charge in [0.2, 0.25) is 5.91 Å². The smallest absolute Gasteiger partial charge is 0.345 e. The number of carbonyl (C=O) groups is 1. The summed E-state index contributed by atoms with van der Waals surface area (Å²) in [4.78, 5) is 24.4. The van der Waals surface area contributed by atoms with Crippen LogP contribution in [0.4, 0.5) is 0 Å². The highest BCUT2D eigenvalue weighted by molar-refractivity contribution is 5.76. The summed E-state index contributed by atoms with van der Waals surface area (Å²) < 4.78 is 3.11. The van der Waals surface area contributed by atoms with Crippen molar-refractivity contribution in [3.05, 3.63) is 33.3 Å². The van der Waals surface area contributed by atoms with Crippen LogP contribution in [0.3, 0.4) is 0 Å². The van der Waals surface area contributed by atoms with Crippen LogP contribution in [0.15, 0.2) is 4.79 Å². The zero-order valence-electron chi connectivity index (χ0n) is 15.3. The van der Waals surface area contributed by atoms with Gasteiger partial charge in [-0.05, 0) is 44.1 Å². The first-order chi connectivity index (χ1) is 12.6. The van der Waals surface area contributed by atoms with Crippen molar-refractivity contribution in [1.82, 2.24) is 29.9 Å². The Kier molecular flexibility index (Phi) is 4.65. The second-order valence-electron chi connectivity index (χ2n) is 7.40. The van der Waals surface area contributed by atoms with Crippen LogP contribution in [0.25, 0.3) is 0 Å². The van der Waals surface area contributed by atoms with E-state index in [-0.39, 0.29) is 17.6 Å². The molecule has 1 amide bonds. The zero-order chi connectivity index (χ0) is 18.1. The molecule has 3 heterocycles. The third kappa shape index (κ3) is 3.32.